The first-order chi connectivity index (χ1) is 19.5. The summed E-state index contributed by atoms with van der Waals surface area (Å²) in [4.78, 5) is 27.5. The molecule has 2 heterocycles. The molecule has 1 aromatic heterocycles. The van der Waals surface area contributed by atoms with E-state index >= 15 is 0 Å². The molecule has 204 valence electrons. The Balaban J connectivity index is 1.17. The minimum Gasteiger partial charge on any atom is -0.489 e. The summed E-state index contributed by atoms with van der Waals surface area (Å²) in [5, 5.41) is 4.47. The summed E-state index contributed by atoms with van der Waals surface area (Å²) in [6.45, 7) is 2.57. The number of ether oxygens (including phenoxy) is 1. The number of rotatable bonds is 7. The quantitative estimate of drug-likeness (QED) is 0.259. The highest BCUT2D eigenvalue weighted by Gasteiger charge is 2.55. The largest absolute Gasteiger partial charge is 0.489 e. The molecule has 2 bridgehead atoms. The van der Waals surface area contributed by atoms with E-state index in [1.165, 1.54) is 36.2 Å². The highest BCUT2D eigenvalue weighted by atomic mass is 32.2. The molecule has 5 nitrogen and oxygen atoms in total. The van der Waals surface area contributed by atoms with E-state index in [2.05, 4.69) is 41.7 Å². The summed E-state index contributed by atoms with van der Waals surface area (Å²) in [7, 11) is 0. The zero-order valence-corrected chi connectivity index (χ0v) is 24.0. The Labute approximate surface area is 242 Å². The molecule has 1 aliphatic heterocycles. The van der Waals surface area contributed by atoms with Gasteiger partial charge < -0.3 is 10.1 Å². The highest BCUT2D eigenvalue weighted by Crippen LogP contribution is 2.64. The fraction of sp³-hybridized carbons (Fsp3) is 0.333. The van der Waals surface area contributed by atoms with Crippen LogP contribution < -0.4 is 14.9 Å². The van der Waals surface area contributed by atoms with Crippen molar-refractivity contribution in [1.82, 2.24) is 4.57 Å². The van der Waals surface area contributed by atoms with Crippen molar-refractivity contribution in [1.29, 1.82) is 0 Å². The molecule has 0 spiro atoms. The van der Waals surface area contributed by atoms with Gasteiger partial charge in [-0.05, 0) is 84.9 Å². The zero-order valence-electron chi connectivity index (χ0n) is 22.4. The predicted octanol–water partition coefficient (Wildman–Crippen LogP) is 7.09. The van der Waals surface area contributed by atoms with Crippen LogP contribution in [0.5, 0.6) is 5.75 Å². The van der Waals surface area contributed by atoms with Gasteiger partial charge in [-0.2, -0.15) is 0 Å². The molecule has 5 unspecified atom stereocenters. The van der Waals surface area contributed by atoms with Gasteiger partial charge in [-0.3, -0.25) is 14.2 Å². The molecule has 2 fully saturated rings. The molecule has 1 amide bonds. The number of thioether (sulfide) groups is 1. The van der Waals surface area contributed by atoms with Gasteiger partial charge in [0.15, 0.2) is 0 Å². The Morgan fingerprint density at radius 2 is 1.80 bits per heavy atom. The number of amides is 1. The number of nitrogens with one attached hydrogen (secondary N) is 1. The standard InChI is InChI=1S/C33H32N2O3S2/c1-20-6-5-9-25(16-20)34-27(36)18-35-32-31(40-33(35)37)28(29-23-10-11-24(17-23)30(29)39-32)22-12-14-26(15-13-22)38-19-21-7-3-2-4-8-21/h2-9,12-16,23-24,28-30H,10-11,17-19H2,1H3,(H,34,36). The lowest BCUT2D eigenvalue weighted by Gasteiger charge is -2.40. The van der Waals surface area contributed by atoms with E-state index in [0.717, 1.165) is 32.5 Å². The molecular formula is C33H32N2O3S2. The molecule has 2 aliphatic carbocycles. The molecule has 0 saturated heterocycles. The minimum atomic E-state index is -0.166. The third-order valence-corrected chi connectivity index (χ3v) is 11.6. The Bertz CT molecular complexity index is 1590. The summed E-state index contributed by atoms with van der Waals surface area (Å²) in [6, 6.07) is 26.5. The maximum Gasteiger partial charge on any atom is 0.308 e. The number of anilines is 1. The van der Waals surface area contributed by atoms with Gasteiger partial charge in [0.1, 0.15) is 18.9 Å². The molecule has 7 rings (SSSR count). The van der Waals surface area contributed by atoms with Crippen LogP contribution in [0, 0.1) is 24.7 Å². The maximum absolute atomic E-state index is 13.4. The third kappa shape index (κ3) is 4.79. The Hall–Kier alpha value is -3.29. The van der Waals surface area contributed by atoms with E-state index in [1.54, 1.807) is 4.57 Å². The van der Waals surface area contributed by atoms with Crippen LogP contribution in [-0.2, 0) is 17.9 Å². The normalized spacial score (nSPS) is 24.4. The summed E-state index contributed by atoms with van der Waals surface area (Å²) >= 11 is 3.20. The van der Waals surface area contributed by atoms with Gasteiger partial charge in [-0.25, -0.2) is 0 Å². The third-order valence-electron chi connectivity index (χ3n) is 8.78. The van der Waals surface area contributed by atoms with Crippen molar-refractivity contribution in [2.75, 3.05) is 5.32 Å². The number of thiazole rings is 1. The average molecular weight is 569 g/mol. The van der Waals surface area contributed by atoms with Crippen molar-refractivity contribution in [3.63, 3.8) is 0 Å². The molecule has 0 radical (unpaired) electrons. The van der Waals surface area contributed by atoms with E-state index in [4.69, 9.17) is 4.74 Å². The van der Waals surface area contributed by atoms with Gasteiger partial charge >= 0.3 is 4.87 Å². The molecule has 40 heavy (non-hydrogen) atoms. The minimum absolute atomic E-state index is 0.0378. The van der Waals surface area contributed by atoms with Crippen molar-refractivity contribution in [3.05, 3.63) is 110 Å². The first-order valence-electron chi connectivity index (χ1n) is 14.1. The number of aromatic nitrogens is 1. The monoisotopic (exact) mass is 568 g/mol. The molecule has 3 aromatic carbocycles. The first-order valence-corrected chi connectivity index (χ1v) is 15.8. The van der Waals surface area contributed by atoms with Gasteiger partial charge in [0.25, 0.3) is 0 Å². The van der Waals surface area contributed by atoms with Crippen LogP contribution in [0.4, 0.5) is 5.69 Å². The van der Waals surface area contributed by atoms with Crippen LogP contribution in [0.2, 0.25) is 0 Å². The maximum atomic E-state index is 13.4. The SMILES string of the molecule is Cc1cccc(NC(=O)Cn2c3c(sc2=O)C(c2ccc(OCc4ccccc4)cc2)C2C4CCC(C4)C2S3)c1. The van der Waals surface area contributed by atoms with Crippen molar-refractivity contribution < 1.29 is 9.53 Å². The van der Waals surface area contributed by atoms with Crippen LogP contribution in [-0.4, -0.2) is 15.7 Å². The molecule has 5 atom stereocenters. The van der Waals surface area contributed by atoms with Gasteiger partial charge in [0.2, 0.25) is 5.91 Å². The van der Waals surface area contributed by atoms with Crippen molar-refractivity contribution >= 4 is 34.7 Å². The van der Waals surface area contributed by atoms with Crippen molar-refractivity contribution in [3.8, 4) is 5.75 Å². The Kier molecular flexibility index (Phi) is 6.80. The second-order valence-corrected chi connectivity index (χ2v) is 13.5. The number of hydrogen-bond acceptors (Lipinski definition) is 5. The van der Waals surface area contributed by atoms with Gasteiger partial charge in [0, 0.05) is 21.7 Å². The van der Waals surface area contributed by atoms with Crippen LogP contribution in [0.1, 0.15) is 46.7 Å². The van der Waals surface area contributed by atoms with Crippen molar-refractivity contribution in [2.45, 2.75) is 55.5 Å². The number of carbonyl (C=O) groups excluding carboxylic acids is 1. The average Bonchev–Trinajstić information content (AvgIpc) is 3.66. The lowest BCUT2D eigenvalue weighted by molar-refractivity contribution is -0.116. The van der Waals surface area contributed by atoms with Crippen LogP contribution in [0.3, 0.4) is 0 Å². The number of nitrogens with zero attached hydrogens (tertiary/aromatic N) is 1. The van der Waals surface area contributed by atoms with Crippen LogP contribution >= 0.6 is 23.1 Å². The van der Waals surface area contributed by atoms with Gasteiger partial charge in [-0.1, -0.05) is 65.9 Å². The number of carbonyl (C=O) groups is 1. The fourth-order valence-electron chi connectivity index (χ4n) is 7.04. The van der Waals surface area contributed by atoms with E-state index < -0.39 is 0 Å². The number of hydrogen-bond donors (Lipinski definition) is 1. The molecule has 7 heteroatoms. The number of benzene rings is 3. The summed E-state index contributed by atoms with van der Waals surface area (Å²) < 4.78 is 7.79. The second-order valence-electron chi connectivity index (χ2n) is 11.4. The Morgan fingerprint density at radius 3 is 2.60 bits per heavy atom. The smallest absolute Gasteiger partial charge is 0.308 e. The molecule has 3 aliphatic rings. The van der Waals surface area contributed by atoms with E-state index in [1.807, 2.05) is 61.2 Å². The van der Waals surface area contributed by atoms with Crippen molar-refractivity contribution in [2.24, 2.45) is 17.8 Å². The lowest BCUT2D eigenvalue weighted by atomic mass is 9.75. The van der Waals surface area contributed by atoms with Gasteiger partial charge in [0.05, 0.1) is 5.03 Å². The number of fused-ring (bicyclic) bond motifs is 6. The van der Waals surface area contributed by atoms with Crippen LogP contribution in [0.25, 0.3) is 0 Å². The molecule has 2 saturated carbocycles. The van der Waals surface area contributed by atoms with Gasteiger partial charge in [-0.15, -0.1) is 11.8 Å². The summed E-state index contributed by atoms with van der Waals surface area (Å²) in [6.07, 6.45) is 3.84. The van der Waals surface area contributed by atoms with Crippen LogP contribution in [0.15, 0.2) is 88.7 Å². The lowest BCUT2D eigenvalue weighted by Crippen LogP contribution is -2.34. The topological polar surface area (TPSA) is 60.3 Å². The second kappa shape index (κ2) is 10.6. The fourth-order valence-corrected chi connectivity index (χ4v) is 10.2. The summed E-state index contributed by atoms with van der Waals surface area (Å²) in [5.41, 5.74) is 4.23. The molecule has 1 N–H and O–H groups in total. The number of aryl methyl sites for hydroxylation is 1. The van der Waals surface area contributed by atoms with E-state index in [-0.39, 0.29) is 23.2 Å². The predicted molar refractivity (Wildman–Crippen MR) is 161 cm³/mol. The van der Waals surface area contributed by atoms with E-state index in [0.29, 0.717) is 29.6 Å². The highest BCUT2D eigenvalue weighted by molar-refractivity contribution is 8.00. The molecule has 4 aromatic rings. The first kappa shape index (κ1) is 25.7. The zero-order chi connectivity index (χ0) is 27.2. The van der Waals surface area contributed by atoms with E-state index in [9.17, 15) is 9.59 Å². The Morgan fingerprint density at radius 1 is 1.00 bits per heavy atom. The summed E-state index contributed by atoms with van der Waals surface area (Å²) in [5.74, 6) is 2.78. The molecular weight excluding hydrogens is 537 g/mol.